The zero-order valence-electron chi connectivity index (χ0n) is 16.8. The fourth-order valence-corrected chi connectivity index (χ4v) is 4.90. The van der Waals surface area contributed by atoms with E-state index in [1.54, 1.807) is 13.8 Å². The first-order valence-electron chi connectivity index (χ1n) is 9.63. The molecule has 1 fully saturated rings. The third-order valence-electron chi connectivity index (χ3n) is 4.96. The van der Waals surface area contributed by atoms with Crippen LogP contribution < -0.4 is 0 Å². The highest BCUT2D eigenvalue weighted by molar-refractivity contribution is 7.86. The van der Waals surface area contributed by atoms with Crippen LogP contribution in [-0.4, -0.2) is 71.3 Å². The summed E-state index contributed by atoms with van der Waals surface area (Å²) in [5.41, 5.74) is -0.563. The van der Waals surface area contributed by atoms with Gasteiger partial charge in [-0.05, 0) is 12.1 Å². The summed E-state index contributed by atoms with van der Waals surface area (Å²) < 4.78 is 71.9. The smallest absolute Gasteiger partial charge is 0.338 e. The Morgan fingerprint density at radius 3 is 2.40 bits per heavy atom. The molecule has 30 heavy (non-hydrogen) atoms. The zero-order chi connectivity index (χ0) is 21.9. The molecular formula is C18H24F3N5O3S. The number of benzene rings is 1. The summed E-state index contributed by atoms with van der Waals surface area (Å²) in [6.07, 6.45) is -4.45. The Kier molecular flexibility index (Phi) is 6.80. The molecule has 1 aliphatic rings. The van der Waals surface area contributed by atoms with E-state index in [-0.39, 0.29) is 17.3 Å². The summed E-state index contributed by atoms with van der Waals surface area (Å²) in [5.74, 6) is 0.348. The van der Waals surface area contributed by atoms with Crippen molar-refractivity contribution in [2.45, 2.75) is 26.6 Å². The van der Waals surface area contributed by atoms with Gasteiger partial charge >= 0.3 is 6.18 Å². The second-order valence-corrected chi connectivity index (χ2v) is 8.79. The first-order valence-corrected chi connectivity index (χ1v) is 11.0. The van der Waals surface area contributed by atoms with Crippen molar-refractivity contribution < 1.29 is 26.1 Å². The summed E-state index contributed by atoms with van der Waals surface area (Å²) >= 11 is 0. The molecule has 1 aliphatic heterocycles. The molecule has 1 aromatic carbocycles. The molecule has 0 saturated carbocycles. The van der Waals surface area contributed by atoms with Crippen molar-refractivity contribution in [2.24, 2.45) is 0 Å². The molecule has 1 aromatic heterocycles. The van der Waals surface area contributed by atoms with Crippen molar-refractivity contribution in [3.8, 4) is 11.4 Å². The lowest BCUT2D eigenvalue weighted by Gasteiger charge is -2.35. The maximum absolute atomic E-state index is 12.9. The predicted molar refractivity (Wildman–Crippen MR) is 103 cm³/mol. The van der Waals surface area contributed by atoms with E-state index in [4.69, 9.17) is 4.52 Å². The van der Waals surface area contributed by atoms with E-state index in [1.807, 2.05) is 4.90 Å². The van der Waals surface area contributed by atoms with Crippen molar-refractivity contribution in [3.05, 3.63) is 35.7 Å². The second-order valence-electron chi connectivity index (χ2n) is 6.86. The van der Waals surface area contributed by atoms with Gasteiger partial charge in [-0.25, -0.2) is 0 Å². The Morgan fingerprint density at radius 2 is 1.80 bits per heavy atom. The van der Waals surface area contributed by atoms with Gasteiger partial charge in [0.05, 0.1) is 12.1 Å². The van der Waals surface area contributed by atoms with Crippen molar-refractivity contribution in [2.75, 3.05) is 39.3 Å². The largest absolute Gasteiger partial charge is 0.416 e. The molecule has 0 unspecified atom stereocenters. The normalized spacial score (nSPS) is 17.0. The maximum Gasteiger partial charge on any atom is 0.416 e. The SMILES string of the molecule is CCN(CC)S(=O)(=O)N1CCN(Cc2nc(-c3cccc(C(F)(F)F)c3)no2)CC1. The topological polar surface area (TPSA) is 82.8 Å². The molecule has 0 spiro atoms. The quantitative estimate of drug-likeness (QED) is 0.649. The lowest BCUT2D eigenvalue weighted by atomic mass is 10.1. The highest BCUT2D eigenvalue weighted by atomic mass is 32.2. The number of nitrogens with zero attached hydrogens (tertiary/aromatic N) is 5. The molecule has 0 aliphatic carbocycles. The number of halogens is 3. The Bertz CT molecular complexity index is 952. The second kappa shape index (κ2) is 9.00. The van der Waals surface area contributed by atoms with Gasteiger partial charge in [0.25, 0.3) is 10.2 Å². The van der Waals surface area contributed by atoms with Crippen LogP contribution in [0.1, 0.15) is 25.3 Å². The van der Waals surface area contributed by atoms with Crippen molar-refractivity contribution in [1.29, 1.82) is 0 Å². The van der Waals surface area contributed by atoms with Crippen LogP contribution in [0.25, 0.3) is 11.4 Å². The average Bonchev–Trinajstić information content (AvgIpc) is 3.17. The predicted octanol–water partition coefficient (Wildman–Crippen LogP) is 2.46. The van der Waals surface area contributed by atoms with Crippen LogP contribution in [0, 0.1) is 0 Å². The standard InChI is InChI=1S/C18H24F3N5O3S/c1-3-25(4-2)30(27,28)26-10-8-24(9-11-26)13-16-22-17(23-29-16)14-6-5-7-15(12-14)18(19,20)21/h5-7,12H,3-4,8-11,13H2,1-2H3. The van der Waals surface area contributed by atoms with E-state index in [2.05, 4.69) is 10.1 Å². The zero-order valence-corrected chi connectivity index (χ0v) is 17.6. The van der Waals surface area contributed by atoms with E-state index in [0.717, 1.165) is 12.1 Å². The molecule has 0 bridgehead atoms. The molecule has 1 saturated heterocycles. The van der Waals surface area contributed by atoms with Crippen LogP contribution in [0.4, 0.5) is 13.2 Å². The van der Waals surface area contributed by atoms with Crippen LogP contribution in [0.2, 0.25) is 0 Å². The van der Waals surface area contributed by atoms with Gasteiger partial charge in [-0.1, -0.05) is 31.1 Å². The van der Waals surface area contributed by atoms with Gasteiger partial charge in [0.2, 0.25) is 11.7 Å². The van der Waals surface area contributed by atoms with Gasteiger partial charge < -0.3 is 4.52 Å². The maximum atomic E-state index is 12.9. The molecular weight excluding hydrogens is 423 g/mol. The Labute approximate surface area is 173 Å². The van der Waals surface area contributed by atoms with Crippen LogP contribution in [-0.2, 0) is 22.9 Å². The highest BCUT2D eigenvalue weighted by Crippen LogP contribution is 2.31. The Balaban J connectivity index is 1.62. The number of piperazine rings is 1. The number of alkyl halides is 3. The first kappa shape index (κ1) is 22.7. The molecule has 2 aromatic rings. The monoisotopic (exact) mass is 447 g/mol. The summed E-state index contributed by atoms with van der Waals surface area (Å²) in [5, 5.41) is 3.78. The molecule has 8 nitrogen and oxygen atoms in total. The first-order chi connectivity index (χ1) is 14.1. The van der Waals surface area contributed by atoms with Gasteiger partial charge in [-0.3, -0.25) is 4.90 Å². The van der Waals surface area contributed by atoms with Gasteiger partial charge in [-0.2, -0.15) is 35.2 Å². The summed E-state index contributed by atoms with van der Waals surface area (Å²) in [7, 11) is -3.47. The average molecular weight is 447 g/mol. The van der Waals surface area contributed by atoms with Gasteiger partial charge in [0.15, 0.2) is 0 Å². The lowest BCUT2D eigenvalue weighted by Crippen LogP contribution is -2.52. The van der Waals surface area contributed by atoms with Crippen molar-refractivity contribution in [3.63, 3.8) is 0 Å². The van der Waals surface area contributed by atoms with E-state index in [1.165, 1.54) is 20.7 Å². The van der Waals surface area contributed by atoms with Crippen LogP contribution >= 0.6 is 0 Å². The van der Waals surface area contributed by atoms with Gasteiger partial charge in [-0.15, -0.1) is 0 Å². The molecule has 2 heterocycles. The minimum absolute atomic E-state index is 0.0823. The van der Waals surface area contributed by atoms with Crippen LogP contribution in [0.15, 0.2) is 28.8 Å². The summed E-state index contributed by atoms with van der Waals surface area (Å²) in [6, 6.07) is 4.74. The lowest BCUT2D eigenvalue weighted by molar-refractivity contribution is -0.137. The fourth-order valence-electron chi connectivity index (χ4n) is 3.29. The number of rotatable bonds is 7. The third kappa shape index (κ3) is 4.99. The van der Waals surface area contributed by atoms with Crippen molar-refractivity contribution >= 4 is 10.2 Å². The molecule has 166 valence electrons. The summed E-state index contributed by atoms with van der Waals surface area (Å²) in [4.78, 5) is 6.16. The Morgan fingerprint density at radius 1 is 1.13 bits per heavy atom. The third-order valence-corrected chi connectivity index (χ3v) is 7.15. The van der Waals surface area contributed by atoms with E-state index < -0.39 is 21.9 Å². The minimum atomic E-state index is -4.45. The number of aromatic nitrogens is 2. The fraction of sp³-hybridized carbons (Fsp3) is 0.556. The van der Waals surface area contributed by atoms with E-state index in [9.17, 15) is 21.6 Å². The molecule has 3 rings (SSSR count). The summed E-state index contributed by atoms with van der Waals surface area (Å²) in [6.45, 7) is 6.39. The molecule has 0 atom stereocenters. The van der Waals surface area contributed by atoms with Crippen molar-refractivity contribution in [1.82, 2.24) is 23.7 Å². The Hall–Kier alpha value is -2.02. The van der Waals surface area contributed by atoms with Crippen LogP contribution in [0.3, 0.4) is 0 Å². The van der Waals surface area contributed by atoms with Crippen LogP contribution in [0.5, 0.6) is 0 Å². The molecule has 0 N–H and O–H groups in total. The number of hydrogen-bond acceptors (Lipinski definition) is 6. The van der Waals surface area contributed by atoms with Gasteiger partial charge in [0, 0.05) is 44.8 Å². The van der Waals surface area contributed by atoms with E-state index in [0.29, 0.717) is 45.8 Å². The van der Waals surface area contributed by atoms with E-state index >= 15 is 0 Å². The molecule has 0 amide bonds. The van der Waals surface area contributed by atoms with Gasteiger partial charge in [0.1, 0.15) is 0 Å². The molecule has 0 radical (unpaired) electrons. The minimum Gasteiger partial charge on any atom is -0.338 e. The highest BCUT2D eigenvalue weighted by Gasteiger charge is 2.32. The molecule has 12 heteroatoms. The number of hydrogen-bond donors (Lipinski definition) is 0.